The molecule has 0 saturated carbocycles. The van der Waals surface area contributed by atoms with Crippen LogP contribution in [0.1, 0.15) is 32.0 Å². The molecule has 0 bridgehead atoms. The summed E-state index contributed by atoms with van der Waals surface area (Å²) in [6.45, 7) is 4.15. The van der Waals surface area contributed by atoms with Crippen molar-refractivity contribution in [1.29, 1.82) is 0 Å². The fourth-order valence-electron chi connectivity index (χ4n) is 1.97. The minimum atomic E-state index is 0.622. The molecule has 1 N–H and O–H groups in total. The zero-order valence-corrected chi connectivity index (χ0v) is 9.32. The second-order valence-corrected chi connectivity index (χ2v) is 4.06. The lowest BCUT2D eigenvalue weighted by molar-refractivity contribution is 0.508. The van der Waals surface area contributed by atoms with Crippen LogP contribution in [0.4, 0.5) is 0 Å². The molecule has 0 fully saturated rings. The van der Waals surface area contributed by atoms with E-state index in [4.69, 9.17) is 0 Å². The SMILES string of the molecule is CCCn1ccnc1CNC1CC=CC1. The van der Waals surface area contributed by atoms with Crippen LogP contribution >= 0.6 is 0 Å². The number of hydrogen-bond donors (Lipinski definition) is 1. The lowest BCUT2D eigenvalue weighted by Gasteiger charge is -2.12. The molecular weight excluding hydrogens is 186 g/mol. The molecule has 0 atom stereocenters. The van der Waals surface area contributed by atoms with Gasteiger partial charge in [-0.25, -0.2) is 4.98 Å². The molecule has 0 aromatic carbocycles. The van der Waals surface area contributed by atoms with Crippen molar-refractivity contribution in [1.82, 2.24) is 14.9 Å². The van der Waals surface area contributed by atoms with Gasteiger partial charge in [0, 0.05) is 25.0 Å². The molecule has 0 aliphatic heterocycles. The van der Waals surface area contributed by atoms with E-state index in [9.17, 15) is 0 Å². The second kappa shape index (κ2) is 5.12. The van der Waals surface area contributed by atoms with Gasteiger partial charge in [0.15, 0.2) is 0 Å². The molecule has 0 radical (unpaired) electrons. The summed E-state index contributed by atoms with van der Waals surface area (Å²) in [6, 6.07) is 0.622. The van der Waals surface area contributed by atoms with Crippen molar-refractivity contribution >= 4 is 0 Å². The summed E-state index contributed by atoms with van der Waals surface area (Å²) in [6.07, 6.45) is 11.9. The van der Waals surface area contributed by atoms with Crippen LogP contribution < -0.4 is 5.32 Å². The largest absolute Gasteiger partial charge is 0.334 e. The van der Waals surface area contributed by atoms with Crippen molar-refractivity contribution in [3.63, 3.8) is 0 Å². The zero-order chi connectivity index (χ0) is 10.5. The predicted octanol–water partition coefficient (Wildman–Crippen LogP) is 2.10. The van der Waals surface area contributed by atoms with Gasteiger partial charge in [-0.15, -0.1) is 0 Å². The molecule has 1 heterocycles. The number of aromatic nitrogens is 2. The average Bonchev–Trinajstić information content (AvgIpc) is 2.85. The Hall–Kier alpha value is -1.09. The Balaban J connectivity index is 1.84. The fourth-order valence-corrected chi connectivity index (χ4v) is 1.97. The van der Waals surface area contributed by atoms with Gasteiger partial charge in [0.25, 0.3) is 0 Å². The smallest absolute Gasteiger partial charge is 0.122 e. The summed E-state index contributed by atoms with van der Waals surface area (Å²) >= 11 is 0. The molecule has 1 aromatic rings. The van der Waals surface area contributed by atoms with Crippen molar-refractivity contribution in [3.8, 4) is 0 Å². The highest BCUT2D eigenvalue weighted by atomic mass is 15.1. The summed E-state index contributed by atoms with van der Waals surface area (Å²) in [5.74, 6) is 1.16. The van der Waals surface area contributed by atoms with Crippen LogP contribution in [-0.4, -0.2) is 15.6 Å². The molecule has 0 amide bonds. The summed E-state index contributed by atoms with van der Waals surface area (Å²) in [4.78, 5) is 4.38. The van der Waals surface area contributed by atoms with Crippen LogP contribution in [0, 0.1) is 0 Å². The Morgan fingerprint density at radius 3 is 3.00 bits per heavy atom. The van der Waals surface area contributed by atoms with Gasteiger partial charge in [-0.1, -0.05) is 19.1 Å². The third-order valence-corrected chi connectivity index (χ3v) is 2.82. The third kappa shape index (κ3) is 2.69. The molecule has 3 heteroatoms. The van der Waals surface area contributed by atoms with Gasteiger partial charge in [-0.2, -0.15) is 0 Å². The molecule has 1 aliphatic rings. The molecule has 82 valence electrons. The molecule has 0 saturated heterocycles. The van der Waals surface area contributed by atoms with Crippen molar-refractivity contribution in [2.75, 3.05) is 0 Å². The Morgan fingerprint density at radius 1 is 1.47 bits per heavy atom. The fraction of sp³-hybridized carbons (Fsp3) is 0.583. The lowest BCUT2D eigenvalue weighted by atomic mass is 10.2. The van der Waals surface area contributed by atoms with Crippen LogP contribution in [0.3, 0.4) is 0 Å². The topological polar surface area (TPSA) is 29.9 Å². The lowest BCUT2D eigenvalue weighted by Crippen LogP contribution is -2.27. The first kappa shape index (κ1) is 10.4. The molecule has 0 spiro atoms. The molecule has 2 rings (SSSR count). The van der Waals surface area contributed by atoms with Gasteiger partial charge in [0.1, 0.15) is 5.82 Å². The minimum absolute atomic E-state index is 0.622. The molecule has 3 nitrogen and oxygen atoms in total. The Labute approximate surface area is 91.2 Å². The number of hydrogen-bond acceptors (Lipinski definition) is 2. The Bertz CT molecular complexity index is 319. The van der Waals surface area contributed by atoms with Crippen molar-refractivity contribution in [2.45, 2.75) is 45.3 Å². The maximum Gasteiger partial charge on any atom is 0.122 e. The first-order chi connectivity index (χ1) is 7.40. The monoisotopic (exact) mass is 205 g/mol. The highest BCUT2D eigenvalue weighted by Gasteiger charge is 2.10. The number of imidazole rings is 1. The van der Waals surface area contributed by atoms with Crippen LogP contribution in [0.5, 0.6) is 0 Å². The van der Waals surface area contributed by atoms with E-state index in [1.54, 1.807) is 0 Å². The van der Waals surface area contributed by atoms with Crippen molar-refractivity contribution in [3.05, 3.63) is 30.4 Å². The summed E-state index contributed by atoms with van der Waals surface area (Å²) in [5, 5.41) is 3.54. The summed E-state index contributed by atoms with van der Waals surface area (Å²) in [5.41, 5.74) is 0. The van der Waals surface area contributed by atoms with E-state index in [0.29, 0.717) is 6.04 Å². The standard InChI is InChI=1S/C12H19N3/c1-2-8-15-9-7-13-12(15)10-14-11-5-3-4-6-11/h3-4,7,9,11,14H,2,5-6,8,10H2,1H3. The molecule has 1 aromatic heterocycles. The van der Waals surface area contributed by atoms with Gasteiger partial charge in [0.2, 0.25) is 0 Å². The van der Waals surface area contributed by atoms with Crippen LogP contribution in [0.15, 0.2) is 24.5 Å². The number of nitrogens with one attached hydrogen (secondary N) is 1. The number of nitrogens with zero attached hydrogens (tertiary/aromatic N) is 2. The Kier molecular flexibility index (Phi) is 3.56. The van der Waals surface area contributed by atoms with Crippen molar-refractivity contribution < 1.29 is 0 Å². The summed E-state index contributed by atoms with van der Waals surface area (Å²) in [7, 11) is 0. The highest BCUT2D eigenvalue weighted by Crippen LogP contribution is 2.10. The van der Waals surface area contributed by atoms with Gasteiger partial charge < -0.3 is 9.88 Å². The normalized spacial score (nSPS) is 16.3. The first-order valence-corrected chi connectivity index (χ1v) is 5.78. The predicted molar refractivity (Wildman–Crippen MR) is 61.5 cm³/mol. The summed E-state index contributed by atoms with van der Waals surface area (Å²) < 4.78 is 2.23. The van der Waals surface area contributed by atoms with E-state index in [1.807, 2.05) is 6.20 Å². The third-order valence-electron chi connectivity index (χ3n) is 2.82. The van der Waals surface area contributed by atoms with E-state index in [1.165, 1.54) is 0 Å². The average molecular weight is 205 g/mol. The van der Waals surface area contributed by atoms with Gasteiger partial charge in [-0.05, 0) is 19.3 Å². The number of rotatable bonds is 5. The first-order valence-electron chi connectivity index (χ1n) is 5.78. The maximum atomic E-state index is 4.38. The van der Waals surface area contributed by atoms with E-state index in [-0.39, 0.29) is 0 Å². The van der Waals surface area contributed by atoms with E-state index < -0.39 is 0 Å². The van der Waals surface area contributed by atoms with Crippen molar-refractivity contribution in [2.24, 2.45) is 0 Å². The maximum absolute atomic E-state index is 4.38. The molecule has 15 heavy (non-hydrogen) atoms. The van der Waals surface area contributed by atoms with Gasteiger partial charge in [-0.3, -0.25) is 0 Å². The van der Waals surface area contributed by atoms with Gasteiger partial charge >= 0.3 is 0 Å². The molecule has 1 aliphatic carbocycles. The number of aryl methyl sites for hydroxylation is 1. The van der Waals surface area contributed by atoms with Crippen LogP contribution in [0.25, 0.3) is 0 Å². The quantitative estimate of drug-likeness (QED) is 0.746. The highest BCUT2D eigenvalue weighted by molar-refractivity contribution is 4.99. The minimum Gasteiger partial charge on any atom is -0.334 e. The van der Waals surface area contributed by atoms with Crippen LogP contribution in [0.2, 0.25) is 0 Å². The molecule has 0 unspecified atom stereocenters. The zero-order valence-electron chi connectivity index (χ0n) is 9.32. The second-order valence-electron chi connectivity index (χ2n) is 4.06. The Morgan fingerprint density at radius 2 is 2.27 bits per heavy atom. The molecular formula is C12H19N3. The van der Waals surface area contributed by atoms with E-state index in [0.717, 1.165) is 38.2 Å². The van der Waals surface area contributed by atoms with E-state index in [2.05, 4.69) is 40.1 Å². The van der Waals surface area contributed by atoms with E-state index >= 15 is 0 Å². The van der Waals surface area contributed by atoms with Gasteiger partial charge in [0.05, 0.1) is 6.54 Å². The van der Waals surface area contributed by atoms with Crippen LogP contribution in [-0.2, 0) is 13.1 Å².